The molecule has 3 N–H and O–H groups in total. The van der Waals surface area contributed by atoms with Crippen LogP contribution in [0.2, 0.25) is 0 Å². The van der Waals surface area contributed by atoms with E-state index >= 15 is 0 Å². The Labute approximate surface area is 155 Å². The number of benzene rings is 1. The van der Waals surface area contributed by atoms with Gasteiger partial charge in [0, 0.05) is 21.3 Å². The number of amides is 1. The van der Waals surface area contributed by atoms with Crippen LogP contribution in [0.4, 0.5) is 5.69 Å². The van der Waals surface area contributed by atoms with Crippen LogP contribution in [-0.4, -0.2) is 43.6 Å². The van der Waals surface area contributed by atoms with Gasteiger partial charge in [0.05, 0.1) is 25.9 Å². The Hall–Kier alpha value is -1.86. The average Bonchev–Trinajstić information content (AvgIpc) is 2.92. The van der Waals surface area contributed by atoms with E-state index in [0.717, 1.165) is 34.9 Å². The summed E-state index contributed by atoms with van der Waals surface area (Å²) in [5, 5.41) is 3.71. The van der Waals surface area contributed by atoms with E-state index in [1.807, 2.05) is 18.2 Å². The van der Waals surface area contributed by atoms with E-state index in [1.54, 1.807) is 0 Å². The van der Waals surface area contributed by atoms with Crippen molar-refractivity contribution in [2.75, 3.05) is 32.1 Å². The van der Waals surface area contributed by atoms with E-state index in [1.165, 1.54) is 18.4 Å². The van der Waals surface area contributed by atoms with Gasteiger partial charge in [-0.1, -0.05) is 22.9 Å². The van der Waals surface area contributed by atoms with Crippen molar-refractivity contribution in [2.45, 2.75) is 19.8 Å². The van der Waals surface area contributed by atoms with Crippen molar-refractivity contribution in [3.05, 3.63) is 28.4 Å². The molecular weight excluding hydrogens is 386 g/mol. The van der Waals surface area contributed by atoms with Gasteiger partial charge in [0.1, 0.15) is 5.69 Å². The van der Waals surface area contributed by atoms with Crippen molar-refractivity contribution < 1.29 is 19.2 Å². The predicted molar refractivity (Wildman–Crippen MR) is 99.9 cm³/mol. The van der Waals surface area contributed by atoms with Crippen molar-refractivity contribution in [2.24, 2.45) is 5.92 Å². The molecule has 0 saturated carbocycles. The van der Waals surface area contributed by atoms with Crippen LogP contribution in [-0.2, 0) is 9.53 Å². The fraction of sp³-hybridized carbons (Fsp3) is 0.444. The number of aromatic amines is 1. The number of hydrogen-bond donors (Lipinski definition) is 3. The van der Waals surface area contributed by atoms with Crippen LogP contribution >= 0.6 is 15.9 Å². The molecule has 0 spiro atoms. The van der Waals surface area contributed by atoms with Gasteiger partial charge in [-0.3, -0.25) is 4.79 Å². The van der Waals surface area contributed by atoms with Gasteiger partial charge in [-0.2, -0.15) is 0 Å². The highest BCUT2D eigenvalue weighted by atomic mass is 79.9. The number of esters is 1. The first-order valence-electron chi connectivity index (χ1n) is 8.51. The molecule has 1 amide bonds. The number of anilines is 1. The molecule has 1 fully saturated rings. The number of carbonyl (C=O) groups excluding carboxylic acids is 2. The highest BCUT2D eigenvalue weighted by Gasteiger charge is 2.25. The minimum absolute atomic E-state index is 0.0878. The van der Waals surface area contributed by atoms with E-state index in [2.05, 4.69) is 33.2 Å². The number of hydrogen-bond acceptors (Lipinski definition) is 3. The van der Waals surface area contributed by atoms with Crippen molar-refractivity contribution in [1.82, 2.24) is 4.98 Å². The SMILES string of the molecule is COC(=O)c1[nH]c2ccc(Br)cc2c1NC(=O)C[NH+]1CCC[C@H](C)C1. The van der Waals surface area contributed by atoms with Gasteiger partial charge >= 0.3 is 5.97 Å². The first-order valence-corrected chi connectivity index (χ1v) is 9.30. The molecule has 1 aromatic carbocycles. The molecule has 6 nitrogen and oxygen atoms in total. The zero-order valence-electron chi connectivity index (χ0n) is 14.4. The zero-order valence-corrected chi connectivity index (χ0v) is 16.0. The first kappa shape index (κ1) is 17.9. The number of halogens is 1. The lowest BCUT2D eigenvalue weighted by Crippen LogP contribution is -3.14. The van der Waals surface area contributed by atoms with Gasteiger partial charge in [-0.15, -0.1) is 0 Å². The lowest BCUT2D eigenvalue weighted by molar-refractivity contribution is -0.900. The molecule has 134 valence electrons. The molecule has 1 aromatic heterocycles. The molecule has 25 heavy (non-hydrogen) atoms. The van der Waals surface area contributed by atoms with Crippen LogP contribution in [0.25, 0.3) is 10.9 Å². The number of fused-ring (bicyclic) bond motifs is 1. The maximum absolute atomic E-state index is 12.6. The quantitative estimate of drug-likeness (QED) is 0.676. The molecular formula is C18H23BrN3O3+. The second kappa shape index (κ2) is 7.58. The summed E-state index contributed by atoms with van der Waals surface area (Å²) < 4.78 is 5.72. The summed E-state index contributed by atoms with van der Waals surface area (Å²) >= 11 is 3.44. The summed E-state index contributed by atoms with van der Waals surface area (Å²) in [6, 6.07) is 5.62. The van der Waals surface area contributed by atoms with Crippen molar-refractivity contribution in [1.29, 1.82) is 0 Å². The summed E-state index contributed by atoms with van der Waals surface area (Å²) in [5.74, 6) is 0.0583. The van der Waals surface area contributed by atoms with Crippen LogP contribution in [0.15, 0.2) is 22.7 Å². The third kappa shape index (κ3) is 4.04. The minimum atomic E-state index is -0.499. The number of rotatable bonds is 4. The second-order valence-corrected chi connectivity index (χ2v) is 7.65. The van der Waals surface area contributed by atoms with E-state index in [0.29, 0.717) is 18.2 Å². The zero-order chi connectivity index (χ0) is 18.0. The maximum atomic E-state index is 12.6. The molecule has 2 aromatic rings. The molecule has 2 atom stereocenters. The van der Waals surface area contributed by atoms with Crippen molar-refractivity contribution >= 4 is 44.4 Å². The van der Waals surface area contributed by atoms with E-state index in [-0.39, 0.29) is 11.6 Å². The fourth-order valence-corrected chi connectivity index (χ4v) is 3.88. The minimum Gasteiger partial charge on any atom is -0.464 e. The molecule has 1 aliphatic heterocycles. The number of piperidine rings is 1. The van der Waals surface area contributed by atoms with Crippen molar-refractivity contribution in [3.63, 3.8) is 0 Å². The Morgan fingerprint density at radius 2 is 2.24 bits per heavy atom. The number of likely N-dealkylation sites (tertiary alicyclic amines) is 1. The normalized spacial score (nSPS) is 20.4. The molecule has 0 aliphatic carbocycles. The highest BCUT2D eigenvalue weighted by Crippen LogP contribution is 2.30. The molecule has 0 bridgehead atoms. The third-order valence-corrected chi connectivity index (χ3v) is 5.18. The molecule has 0 radical (unpaired) electrons. The van der Waals surface area contributed by atoms with E-state index < -0.39 is 5.97 Å². The Morgan fingerprint density at radius 3 is 2.96 bits per heavy atom. The Balaban J connectivity index is 1.84. The molecule has 2 heterocycles. The molecule has 3 rings (SSSR count). The van der Waals surface area contributed by atoms with Gasteiger partial charge in [0.25, 0.3) is 5.91 Å². The topological polar surface area (TPSA) is 75.6 Å². The number of aromatic nitrogens is 1. The summed E-state index contributed by atoms with van der Waals surface area (Å²) in [7, 11) is 1.33. The van der Waals surface area contributed by atoms with Crippen LogP contribution < -0.4 is 10.2 Å². The number of H-pyrrole nitrogens is 1. The van der Waals surface area contributed by atoms with Gasteiger partial charge in [0.2, 0.25) is 0 Å². The van der Waals surface area contributed by atoms with Crippen LogP contribution in [0, 0.1) is 5.92 Å². The summed E-state index contributed by atoms with van der Waals surface area (Å²) in [4.78, 5) is 29.0. The van der Waals surface area contributed by atoms with Crippen LogP contribution in [0.3, 0.4) is 0 Å². The Kier molecular flexibility index (Phi) is 5.44. The summed E-state index contributed by atoms with van der Waals surface area (Å²) in [6.07, 6.45) is 2.38. The van der Waals surface area contributed by atoms with Gasteiger partial charge < -0.3 is 19.9 Å². The third-order valence-electron chi connectivity index (χ3n) is 4.69. The fourth-order valence-electron chi connectivity index (χ4n) is 3.52. The molecule has 1 saturated heterocycles. The molecule has 7 heteroatoms. The highest BCUT2D eigenvalue weighted by molar-refractivity contribution is 9.10. The number of carbonyl (C=O) groups is 2. The lowest BCUT2D eigenvalue weighted by Gasteiger charge is -2.27. The summed E-state index contributed by atoms with van der Waals surface area (Å²) in [5.41, 5.74) is 1.53. The van der Waals surface area contributed by atoms with E-state index in [4.69, 9.17) is 4.74 Å². The smallest absolute Gasteiger partial charge is 0.356 e. The Bertz CT molecular complexity index is 802. The number of nitrogens with one attached hydrogen (secondary N) is 3. The van der Waals surface area contributed by atoms with Gasteiger partial charge in [-0.25, -0.2) is 4.79 Å². The number of ether oxygens (including phenoxy) is 1. The summed E-state index contributed by atoms with van der Waals surface area (Å²) in [6.45, 7) is 4.66. The van der Waals surface area contributed by atoms with E-state index in [9.17, 15) is 9.59 Å². The first-order chi connectivity index (χ1) is 12.0. The molecule has 1 aliphatic rings. The van der Waals surface area contributed by atoms with Gasteiger partial charge in [-0.05, 0) is 31.0 Å². The largest absolute Gasteiger partial charge is 0.464 e. The Morgan fingerprint density at radius 1 is 1.44 bits per heavy atom. The standard InChI is InChI=1S/C18H22BrN3O3/c1-11-4-3-7-22(9-11)10-15(23)21-16-13-8-12(19)5-6-14(13)20-17(16)18(24)25-2/h5-6,8,11,20H,3-4,7,9-10H2,1-2H3,(H,21,23)/p+1/t11-/m0/s1. The maximum Gasteiger partial charge on any atom is 0.356 e. The predicted octanol–water partition coefficient (Wildman–Crippen LogP) is 1.97. The monoisotopic (exact) mass is 408 g/mol. The second-order valence-electron chi connectivity index (χ2n) is 6.73. The van der Waals surface area contributed by atoms with Crippen LogP contribution in [0.1, 0.15) is 30.3 Å². The number of methoxy groups -OCH3 is 1. The lowest BCUT2D eigenvalue weighted by atomic mass is 10.0. The molecule has 1 unspecified atom stereocenters. The van der Waals surface area contributed by atoms with Gasteiger partial charge in [0.15, 0.2) is 6.54 Å². The average molecular weight is 409 g/mol. The number of quaternary nitrogens is 1. The van der Waals surface area contributed by atoms with Crippen molar-refractivity contribution in [3.8, 4) is 0 Å². The van der Waals surface area contributed by atoms with Crippen LogP contribution in [0.5, 0.6) is 0 Å².